The van der Waals surface area contributed by atoms with E-state index in [0.717, 1.165) is 12.2 Å². The molecule has 3 rings (SSSR count). The SMILES string of the molecule is FC1(F)CNCCC1c1cccc2c1OCCN2. The molecule has 1 atom stereocenters. The van der Waals surface area contributed by atoms with E-state index in [1.807, 2.05) is 12.1 Å². The summed E-state index contributed by atoms with van der Waals surface area (Å²) in [5, 5.41) is 5.93. The number of alkyl halides is 2. The second kappa shape index (κ2) is 4.39. The van der Waals surface area contributed by atoms with Gasteiger partial charge < -0.3 is 15.4 Å². The molecule has 18 heavy (non-hydrogen) atoms. The van der Waals surface area contributed by atoms with E-state index in [0.29, 0.717) is 30.9 Å². The van der Waals surface area contributed by atoms with Crippen molar-refractivity contribution in [3.05, 3.63) is 23.8 Å². The lowest BCUT2D eigenvalue weighted by atomic mass is 9.86. The van der Waals surface area contributed by atoms with Crippen molar-refractivity contribution in [1.82, 2.24) is 5.32 Å². The van der Waals surface area contributed by atoms with E-state index in [-0.39, 0.29) is 6.54 Å². The summed E-state index contributed by atoms with van der Waals surface area (Å²) < 4.78 is 33.6. The van der Waals surface area contributed by atoms with Crippen LogP contribution in [0, 0.1) is 0 Å². The molecular formula is C13H16F2N2O. The Morgan fingerprint density at radius 1 is 1.28 bits per heavy atom. The molecule has 1 aromatic rings. The molecule has 3 nitrogen and oxygen atoms in total. The van der Waals surface area contributed by atoms with Gasteiger partial charge in [-0.05, 0) is 19.0 Å². The highest BCUT2D eigenvalue weighted by atomic mass is 19.3. The van der Waals surface area contributed by atoms with Crippen LogP contribution in [-0.4, -0.2) is 32.2 Å². The van der Waals surface area contributed by atoms with Crippen molar-refractivity contribution in [1.29, 1.82) is 0 Å². The van der Waals surface area contributed by atoms with E-state index in [1.165, 1.54) is 0 Å². The smallest absolute Gasteiger partial charge is 0.267 e. The third-order valence-electron chi connectivity index (χ3n) is 3.57. The minimum absolute atomic E-state index is 0.255. The fraction of sp³-hybridized carbons (Fsp3) is 0.538. The number of anilines is 1. The van der Waals surface area contributed by atoms with Crippen LogP contribution in [0.25, 0.3) is 0 Å². The maximum Gasteiger partial charge on any atom is 0.267 e. The summed E-state index contributed by atoms with van der Waals surface area (Å²) in [6.07, 6.45) is 0.437. The monoisotopic (exact) mass is 254 g/mol. The van der Waals surface area contributed by atoms with E-state index in [9.17, 15) is 8.78 Å². The van der Waals surface area contributed by atoms with Gasteiger partial charge in [0.1, 0.15) is 12.4 Å². The number of para-hydroxylation sites is 1. The molecule has 2 aliphatic heterocycles. The minimum atomic E-state index is -2.71. The Labute approximate surface area is 105 Å². The first-order chi connectivity index (χ1) is 8.68. The molecule has 2 aliphatic rings. The van der Waals surface area contributed by atoms with Gasteiger partial charge in [0, 0.05) is 12.1 Å². The first-order valence-electron chi connectivity index (χ1n) is 6.26. The van der Waals surface area contributed by atoms with Crippen LogP contribution in [-0.2, 0) is 0 Å². The van der Waals surface area contributed by atoms with E-state index >= 15 is 0 Å². The highest BCUT2D eigenvalue weighted by Gasteiger charge is 2.44. The summed E-state index contributed by atoms with van der Waals surface area (Å²) in [6.45, 7) is 1.62. The summed E-state index contributed by atoms with van der Waals surface area (Å²) in [5.41, 5.74) is 1.46. The molecule has 0 aliphatic carbocycles. The largest absolute Gasteiger partial charge is 0.489 e. The van der Waals surface area contributed by atoms with Crippen LogP contribution in [0.2, 0.25) is 0 Å². The molecule has 98 valence electrons. The van der Waals surface area contributed by atoms with E-state index in [1.54, 1.807) is 6.07 Å². The summed E-state index contributed by atoms with van der Waals surface area (Å²) >= 11 is 0. The van der Waals surface area contributed by atoms with Crippen LogP contribution < -0.4 is 15.4 Å². The Morgan fingerprint density at radius 3 is 3.00 bits per heavy atom. The Kier molecular flexibility index (Phi) is 2.86. The third kappa shape index (κ3) is 1.92. The number of hydrogen-bond acceptors (Lipinski definition) is 3. The van der Waals surface area contributed by atoms with Crippen LogP contribution >= 0.6 is 0 Å². The predicted octanol–water partition coefficient (Wildman–Crippen LogP) is 2.20. The maximum absolute atomic E-state index is 14.0. The average molecular weight is 254 g/mol. The highest BCUT2D eigenvalue weighted by molar-refractivity contribution is 5.62. The van der Waals surface area contributed by atoms with Gasteiger partial charge in [-0.25, -0.2) is 8.78 Å². The topological polar surface area (TPSA) is 33.3 Å². The molecule has 2 heterocycles. The molecule has 0 radical (unpaired) electrons. The molecule has 1 aromatic carbocycles. The van der Waals surface area contributed by atoms with Gasteiger partial charge in [0.05, 0.1) is 18.2 Å². The van der Waals surface area contributed by atoms with Gasteiger partial charge in [0.15, 0.2) is 0 Å². The average Bonchev–Trinajstić information content (AvgIpc) is 2.38. The van der Waals surface area contributed by atoms with Crippen LogP contribution in [0.4, 0.5) is 14.5 Å². The number of ether oxygens (including phenoxy) is 1. The number of fused-ring (bicyclic) bond motifs is 1. The molecule has 0 amide bonds. The van der Waals surface area contributed by atoms with Crippen molar-refractivity contribution in [3.8, 4) is 5.75 Å². The normalized spacial score (nSPS) is 25.8. The van der Waals surface area contributed by atoms with Gasteiger partial charge >= 0.3 is 0 Å². The van der Waals surface area contributed by atoms with Gasteiger partial charge in [-0.2, -0.15) is 0 Å². The zero-order chi connectivity index (χ0) is 12.6. The quantitative estimate of drug-likeness (QED) is 0.806. The fourth-order valence-corrected chi connectivity index (χ4v) is 2.69. The molecule has 2 N–H and O–H groups in total. The summed E-state index contributed by atoms with van der Waals surface area (Å²) in [7, 11) is 0. The van der Waals surface area contributed by atoms with Gasteiger partial charge in [-0.1, -0.05) is 12.1 Å². The molecule has 0 aromatic heterocycles. The Balaban J connectivity index is 2.00. The summed E-state index contributed by atoms with van der Waals surface area (Å²) in [6, 6.07) is 5.45. The molecule has 5 heteroatoms. The van der Waals surface area contributed by atoms with E-state index < -0.39 is 11.8 Å². The fourth-order valence-electron chi connectivity index (χ4n) is 2.69. The van der Waals surface area contributed by atoms with E-state index in [2.05, 4.69) is 10.6 Å². The molecule has 0 bridgehead atoms. The second-order valence-electron chi connectivity index (χ2n) is 4.78. The first kappa shape index (κ1) is 11.7. The Bertz CT molecular complexity index is 451. The number of benzene rings is 1. The lowest BCUT2D eigenvalue weighted by molar-refractivity contribution is -0.0427. The van der Waals surface area contributed by atoms with Crippen molar-refractivity contribution < 1.29 is 13.5 Å². The zero-order valence-electron chi connectivity index (χ0n) is 10.0. The zero-order valence-corrected chi connectivity index (χ0v) is 10.0. The maximum atomic E-state index is 14.0. The molecular weight excluding hydrogens is 238 g/mol. The lowest BCUT2D eigenvalue weighted by Crippen LogP contribution is -2.44. The number of halogens is 2. The van der Waals surface area contributed by atoms with Crippen molar-refractivity contribution >= 4 is 5.69 Å². The van der Waals surface area contributed by atoms with Gasteiger partial charge in [0.2, 0.25) is 0 Å². The third-order valence-corrected chi connectivity index (χ3v) is 3.57. The Hall–Kier alpha value is -1.36. The van der Waals surface area contributed by atoms with Crippen molar-refractivity contribution in [2.75, 3.05) is 31.6 Å². The predicted molar refractivity (Wildman–Crippen MR) is 65.6 cm³/mol. The number of hydrogen-bond donors (Lipinski definition) is 2. The van der Waals surface area contributed by atoms with Gasteiger partial charge in [-0.15, -0.1) is 0 Å². The number of piperidine rings is 1. The van der Waals surface area contributed by atoms with Crippen LogP contribution in [0.3, 0.4) is 0 Å². The van der Waals surface area contributed by atoms with Crippen molar-refractivity contribution in [3.63, 3.8) is 0 Å². The summed E-state index contributed by atoms with van der Waals surface area (Å²) in [4.78, 5) is 0. The van der Waals surface area contributed by atoms with Crippen molar-refractivity contribution in [2.24, 2.45) is 0 Å². The van der Waals surface area contributed by atoms with Crippen LogP contribution in [0.15, 0.2) is 18.2 Å². The number of rotatable bonds is 1. The molecule has 1 fully saturated rings. The Morgan fingerprint density at radius 2 is 2.17 bits per heavy atom. The second-order valence-corrected chi connectivity index (χ2v) is 4.78. The highest BCUT2D eigenvalue weighted by Crippen LogP contribution is 2.44. The summed E-state index contributed by atoms with van der Waals surface area (Å²) in [5.74, 6) is -2.86. The van der Waals surface area contributed by atoms with Crippen molar-refractivity contribution in [2.45, 2.75) is 18.3 Å². The molecule has 1 unspecified atom stereocenters. The minimum Gasteiger partial charge on any atom is -0.489 e. The van der Waals surface area contributed by atoms with Gasteiger partial charge in [0.25, 0.3) is 5.92 Å². The first-order valence-corrected chi connectivity index (χ1v) is 6.26. The van der Waals surface area contributed by atoms with Crippen LogP contribution in [0.5, 0.6) is 5.75 Å². The molecule has 0 spiro atoms. The standard InChI is InChI=1S/C13H16F2N2O/c14-13(15)8-16-5-4-10(13)9-2-1-3-11-12(9)18-7-6-17-11/h1-3,10,16-17H,4-8H2. The van der Waals surface area contributed by atoms with Gasteiger partial charge in [-0.3, -0.25) is 0 Å². The lowest BCUT2D eigenvalue weighted by Gasteiger charge is -2.34. The number of nitrogens with one attached hydrogen (secondary N) is 2. The van der Waals surface area contributed by atoms with E-state index in [4.69, 9.17) is 4.74 Å². The van der Waals surface area contributed by atoms with Crippen LogP contribution in [0.1, 0.15) is 17.9 Å². The molecule has 1 saturated heterocycles. The molecule has 0 saturated carbocycles.